The number of anilines is 1. The Bertz CT molecular complexity index is 895. The second-order valence-electron chi connectivity index (χ2n) is 6.40. The number of para-hydroxylation sites is 1. The SMILES string of the molecule is CCCNCCNC(=O)c1cc(S(=O)(=O)Nc2ccccc2C)ccc1C. The predicted octanol–water partition coefficient (Wildman–Crippen LogP) is 2.83. The van der Waals surface area contributed by atoms with Crippen LogP contribution in [0.15, 0.2) is 47.4 Å². The average Bonchev–Trinajstić information content (AvgIpc) is 2.63. The quantitative estimate of drug-likeness (QED) is 0.576. The molecule has 0 saturated carbocycles. The van der Waals surface area contributed by atoms with Crippen LogP contribution in [0.1, 0.15) is 34.8 Å². The Balaban J connectivity index is 2.15. The van der Waals surface area contributed by atoms with Crippen molar-refractivity contribution in [3.8, 4) is 0 Å². The van der Waals surface area contributed by atoms with Crippen LogP contribution in [0.2, 0.25) is 0 Å². The molecule has 2 aromatic rings. The number of carbonyl (C=O) groups excluding carboxylic acids is 1. The lowest BCUT2D eigenvalue weighted by atomic mass is 10.1. The summed E-state index contributed by atoms with van der Waals surface area (Å²) >= 11 is 0. The fourth-order valence-electron chi connectivity index (χ4n) is 2.57. The summed E-state index contributed by atoms with van der Waals surface area (Å²) in [6.07, 6.45) is 1.03. The molecule has 1 amide bonds. The molecule has 0 aliphatic heterocycles. The first-order valence-corrected chi connectivity index (χ1v) is 10.5. The molecule has 0 aromatic heterocycles. The zero-order valence-electron chi connectivity index (χ0n) is 16.0. The second-order valence-corrected chi connectivity index (χ2v) is 8.09. The first-order chi connectivity index (χ1) is 12.8. The minimum Gasteiger partial charge on any atom is -0.351 e. The van der Waals surface area contributed by atoms with Crippen molar-refractivity contribution in [1.29, 1.82) is 0 Å². The molecule has 0 spiro atoms. The Morgan fingerprint density at radius 1 is 0.963 bits per heavy atom. The number of sulfonamides is 1. The van der Waals surface area contributed by atoms with E-state index in [1.807, 2.05) is 19.1 Å². The normalized spacial score (nSPS) is 11.2. The molecular weight excluding hydrogens is 362 g/mol. The van der Waals surface area contributed by atoms with Gasteiger partial charge in [0, 0.05) is 18.7 Å². The number of aryl methyl sites for hydroxylation is 2. The maximum atomic E-state index is 12.7. The monoisotopic (exact) mass is 389 g/mol. The van der Waals surface area contributed by atoms with Crippen LogP contribution in [0.25, 0.3) is 0 Å². The maximum absolute atomic E-state index is 12.7. The van der Waals surface area contributed by atoms with Crippen LogP contribution in [0.5, 0.6) is 0 Å². The molecule has 0 fully saturated rings. The van der Waals surface area contributed by atoms with Crippen molar-refractivity contribution in [2.24, 2.45) is 0 Å². The number of amides is 1. The first-order valence-electron chi connectivity index (χ1n) is 9.03. The molecular formula is C20H27N3O3S. The van der Waals surface area contributed by atoms with Gasteiger partial charge < -0.3 is 10.6 Å². The Morgan fingerprint density at radius 3 is 2.41 bits per heavy atom. The Morgan fingerprint density at radius 2 is 1.70 bits per heavy atom. The van der Waals surface area contributed by atoms with Crippen molar-refractivity contribution in [3.05, 3.63) is 59.2 Å². The number of rotatable bonds is 9. The van der Waals surface area contributed by atoms with Crippen molar-refractivity contribution in [1.82, 2.24) is 10.6 Å². The van der Waals surface area contributed by atoms with Gasteiger partial charge in [-0.3, -0.25) is 9.52 Å². The average molecular weight is 390 g/mol. The summed E-state index contributed by atoms with van der Waals surface area (Å²) < 4.78 is 28.0. The second kappa shape index (κ2) is 9.53. The Labute approximate surface area is 161 Å². The summed E-state index contributed by atoms with van der Waals surface area (Å²) in [5.74, 6) is -0.279. The van der Waals surface area contributed by atoms with Gasteiger partial charge in [-0.25, -0.2) is 8.42 Å². The van der Waals surface area contributed by atoms with Crippen LogP contribution in [-0.4, -0.2) is 34.0 Å². The maximum Gasteiger partial charge on any atom is 0.261 e. The van der Waals surface area contributed by atoms with Gasteiger partial charge in [0.15, 0.2) is 0 Å². The van der Waals surface area contributed by atoms with Gasteiger partial charge in [0.2, 0.25) is 0 Å². The zero-order valence-corrected chi connectivity index (χ0v) is 16.8. The van der Waals surface area contributed by atoms with E-state index in [4.69, 9.17) is 0 Å². The summed E-state index contributed by atoms with van der Waals surface area (Å²) in [5.41, 5.74) is 2.43. The van der Waals surface area contributed by atoms with E-state index in [9.17, 15) is 13.2 Å². The van der Waals surface area contributed by atoms with Gasteiger partial charge in [-0.1, -0.05) is 31.2 Å². The smallest absolute Gasteiger partial charge is 0.261 e. The van der Waals surface area contributed by atoms with Gasteiger partial charge in [0.25, 0.3) is 15.9 Å². The molecule has 0 bridgehead atoms. The molecule has 2 aromatic carbocycles. The lowest BCUT2D eigenvalue weighted by Crippen LogP contribution is -2.32. The van der Waals surface area contributed by atoms with E-state index < -0.39 is 10.0 Å². The van der Waals surface area contributed by atoms with Crippen molar-refractivity contribution >= 4 is 21.6 Å². The lowest BCUT2D eigenvalue weighted by Gasteiger charge is -2.13. The van der Waals surface area contributed by atoms with Crippen molar-refractivity contribution in [2.45, 2.75) is 32.1 Å². The fraction of sp³-hybridized carbons (Fsp3) is 0.350. The standard InChI is InChI=1S/C20H27N3O3S/c1-4-11-21-12-13-22-20(24)18-14-17(10-9-15(18)2)27(25,26)23-19-8-6-5-7-16(19)3/h5-10,14,21,23H,4,11-13H2,1-3H3,(H,22,24). The van der Waals surface area contributed by atoms with Gasteiger partial charge in [0.1, 0.15) is 0 Å². The molecule has 0 radical (unpaired) electrons. The van der Waals surface area contributed by atoms with Crippen LogP contribution in [0.4, 0.5) is 5.69 Å². The van der Waals surface area contributed by atoms with E-state index in [2.05, 4.69) is 22.3 Å². The minimum atomic E-state index is -3.78. The largest absolute Gasteiger partial charge is 0.351 e. The molecule has 0 saturated heterocycles. The number of benzene rings is 2. The van der Waals surface area contributed by atoms with Crippen LogP contribution in [0, 0.1) is 13.8 Å². The lowest BCUT2D eigenvalue weighted by molar-refractivity contribution is 0.0953. The highest BCUT2D eigenvalue weighted by Crippen LogP contribution is 2.21. The predicted molar refractivity (Wildman–Crippen MR) is 109 cm³/mol. The zero-order chi connectivity index (χ0) is 19.9. The minimum absolute atomic E-state index is 0.0608. The summed E-state index contributed by atoms with van der Waals surface area (Å²) in [7, 11) is -3.78. The van der Waals surface area contributed by atoms with Gasteiger partial charge in [-0.05, 0) is 56.1 Å². The van der Waals surface area contributed by atoms with Crippen LogP contribution >= 0.6 is 0 Å². The van der Waals surface area contributed by atoms with Crippen molar-refractivity contribution in [3.63, 3.8) is 0 Å². The summed E-state index contributed by atoms with van der Waals surface area (Å²) in [6.45, 7) is 7.75. The van der Waals surface area contributed by atoms with E-state index in [1.54, 1.807) is 25.1 Å². The number of nitrogens with one attached hydrogen (secondary N) is 3. The van der Waals surface area contributed by atoms with Gasteiger partial charge in [-0.15, -0.1) is 0 Å². The van der Waals surface area contributed by atoms with E-state index in [0.29, 0.717) is 24.3 Å². The molecule has 146 valence electrons. The molecule has 6 nitrogen and oxygen atoms in total. The van der Waals surface area contributed by atoms with E-state index >= 15 is 0 Å². The molecule has 0 aliphatic carbocycles. The molecule has 2 rings (SSSR count). The van der Waals surface area contributed by atoms with Crippen molar-refractivity contribution in [2.75, 3.05) is 24.4 Å². The third-order valence-electron chi connectivity index (χ3n) is 4.17. The van der Waals surface area contributed by atoms with E-state index in [1.165, 1.54) is 12.1 Å². The molecule has 0 aliphatic rings. The highest BCUT2D eigenvalue weighted by atomic mass is 32.2. The third-order valence-corrected chi connectivity index (χ3v) is 5.53. The van der Waals surface area contributed by atoms with E-state index in [0.717, 1.165) is 24.1 Å². The Kier molecular flexibility index (Phi) is 7.38. The highest BCUT2D eigenvalue weighted by Gasteiger charge is 2.18. The van der Waals surface area contributed by atoms with Crippen LogP contribution < -0.4 is 15.4 Å². The van der Waals surface area contributed by atoms with Gasteiger partial charge >= 0.3 is 0 Å². The third kappa shape index (κ3) is 5.80. The number of hydrogen-bond donors (Lipinski definition) is 3. The summed E-state index contributed by atoms with van der Waals surface area (Å²) in [4.78, 5) is 12.5. The molecule has 27 heavy (non-hydrogen) atoms. The van der Waals surface area contributed by atoms with E-state index in [-0.39, 0.29) is 10.8 Å². The molecule has 0 unspecified atom stereocenters. The molecule has 0 atom stereocenters. The Hall–Kier alpha value is -2.38. The molecule has 7 heteroatoms. The first kappa shape index (κ1) is 20.9. The van der Waals surface area contributed by atoms with Gasteiger partial charge in [0.05, 0.1) is 10.6 Å². The highest BCUT2D eigenvalue weighted by molar-refractivity contribution is 7.92. The molecule has 0 heterocycles. The topological polar surface area (TPSA) is 87.3 Å². The van der Waals surface area contributed by atoms with Gasteiger partial charge in [-0.2, -0.15) is 0 Å². The van der Waals surface area contributed by atoms with Crippen LogP contribution in [0.3, 0.4) is 0 Å². The van der Waals surface area contributed by atoms with Crippen LogP contribution in [-0.2, 0) is 10.0 Å². The fourth-order valence-corrected chi connectivity index (χ4v) is 3.72. The molecule has 3 N–H and O–H groups in total. The van der Waals surface area contributed by atoms with Crippen molar-refractivity contribution < 1.29 is 13.2 Å². The summed E-state index contributed by atoms with van der Waals surface area (Å²) in [6, 6.07) is 11.7. The number of hydrogen-bond acceptors (Lipinski definition) is 4. The summed E-state index contributed by atoms with van der Waals surface area (Å²) in [5, 5.41) is 6.02. The number of carbonyl (C=O) groups is 1.